The number of nitrogens with one attached hydrogen (secondary N) is 1. The fraction of sp³-hybridized carbons (Fsp3) is 0.400. The maximum Gasteiger partial charge on any atom is 0.239 e. The van der Waals surface area contributed by atoms with E-state index in [1.54, 1.807) is 19.2 Å². The Balaban J connectivity index is 2.27. The molecule has 0 spiro atoms. The number of aromatic nitrogens is 1. The largest absolute Gasteiger partial charge is 0.481 e. The van der Waals surface area contributed by atoms with Crippen LogP contribution in [0.3, 0.4) is 0 Å². The minimum Gasteiger partial charge on any atom is -0.481 e. The van der Waals surface area contributed by atoms with Gasteiger partial charge in [0, 0.05) is 19.2 Å². The summed E-state index contributed by atoms with van der Waals surface area (Å²) in [6.07, 6.45) is 0. The van der Waals surface area contributed by atoms with Gasteiger partial charge >= 0.3 is 0 Å². The first kappa shape index (κ1) is 10.5. The van der Waals surface area contributed by atoms with Crippen LogP contribution in [0, 0.1) is 0 Å². The lowest BCUT2D eigenvalue weighted by atomic mass is 10.3. The zero-order chi connectivity index (χ0) is 11.5. The third-order valence-corrected chi connectivity index (χ3v) is 2.43. The molecule has 0 atom stereocenters. The first-order valence-corrected chi connectivity index (χ1v) is 5.03. The number of carbonyl (C=O) groups excluding carboxylic acids is 1. The second-order valence-corrected chi connectivity index (χ2v) is 3.54. The Morgan fingerprint density at radius 1 is 1.56 bits per heavy atom. The van der Waals surface area contributed by atoms with Crippen molar-refractivity contribution < 1.29 is 9.53 Å². The van der Waals surface area contributed by atoms with E-state index >= 15 is 0 Å². The molecule has 1 fully saturated rings. The molecule has 6 nitrogen and oxygen atoms in total. The molecule has 0 aromatic carbocycles. The van der Waals surface area contributed by atoms with Crippen LogP contribution >= 0.6 is 0 Å². The van der Waals surface area contributed by atoms with Crippen LogP contribution in [0.25, 0.3) is 0 Å². The number of nitrogens with two attached hydrogens (primary N) is 1. The van der Waals surface area contributed by atoms with E-state index in [-0.39, 0.29) is 12.5 Å². The topological polar surface area (TPSA) is 80.5 Å². The molecule has 0 aliphatic carbocycles. The van der Waals surface area contributed by atoms with Crippen LogP contribution in [0.15, 0.2) is 12.1 Å². The van der Waals surface area contributed by atoms with Crippen molar-refractivity contribution in [3.05, 3.63) is 12.1 Å². The molecule has 1 amide bonds. The summed E-state index contributed by atoms with van der Waals surface area (Å²) in [6.45, 7) is 1.59. The summed E-state index contributed by atoms with van der Waals surface area (Å²) in [4.78, 5) is 17.4. The average molecular weight is 222 g/mol. The predicted octanol–water partition coefficient (Wildman–Crippen LogP) is -0.391. The van der Waals surface area contributed by atoms with Gasteiger partial charge < -0.3 is 20.7 Å². The molecule has 1 saturated heterocycles. The highest BCUT2D eigenvalue weighted by molar-refractivity contribution is 5.83. The molecule has 1 aromatic rings. The lowest BCUT2D eigenvalue weighted by molar-refractivity contribution is -0.120. The van der Waals surface area contributed by atoms with Crippen molar-refractivity contribution in [3.8, 4) is 5.88 Å². The molecule has 2 heterocycles. The van der Waals surface area contributed by atoms with Crippen molar-refractivity contribution in [2.24, 2.45) is 0 Å². The molecule has 1 aromatic heterocycles. The lowest BCUT2D eigenvalue weighted by Crippen LogP contribution is -2.48. The van der Waals surface area contributed by atoms with E-state index in [9.17, 15) is 4.79 Å². The monoisotopic (exact) mass is 222 g/mol. The minimum absolute atomic E-state index is 0.0183. The SMILES string of the molecule is COc1ccc(N)c(N2CCNC(=O)C2)n1. The Hall–Kier alpha value is -1.98. The number of hydrogen-bond donors (Lipinski definition) is 2. The van der Waals surface area contributed by atoms with Gasteiger partial charge in [-0.15, -0.1) is 0 Å². The van der Waals surface area contributed by atoms with E-state index in [0.29, 0.717) is 30.5 Å². The molecule has 0 bridgehead atoms. The van der Waals surface area contributed by atoms with E-state index in [2.05, 4.69) is 10.3 Å². The van der Waals surface area contributed by atoms with Crippen molar-refractivity contribution in [2.75, 3.05) is 37.4 Å². The van der Waals surface area contributed by atoms with Gasteiger partial charge in [-0.25, -0.2) is 0 Å². The number of carbonyl (C=O) groups is 1. The highest BCUT2D eigenvalue weighted by Crippen LogP contribution is 2.23. The fourth-order valence-corrected chi connectivity index (χ4v) is 1.63. The molecule has 0 unspecified atom stereocenters. The molecule has 2 rings (SSSR count). The molecule has 1 aliphatic rings. The van der Waals surface area contributed by atoms with Crippen LogP contribution in [-0.2, 0) is 4.79 Å². The molecule has 16 heavy (non-hydrogen) atoms. The summed E-state index contributed by atoms with van der Waals surface area (Å²) in [5, 5.41) is 2.75. The zero-order valence-electron chi connectivity index (χ0n) is 9.06. The van der Waals surface area contributed by atoms with E-state index in [1.165, 1.54) is 0 Å². The zero-order valence-corrected chi connectivity index (χ0v) is 9.06. The highest BCUT2D eigenvalue weighted by atomic mass is 16.5. The summed E-state index contributed by atoms with van der Waals surface area (Å²) in [5.74, 6) is 1.08. The van der Waals surface area contributed by atoms with Gasteiger partial charge in [0.15, 0.2) is 5.82 Å². The van der Waals surface area contributed by atoms with Crippen molar-refractivity contribution in [1.82, 2.24) is 10.3 Å². The number of nitrogens with zero attached hydrogens (tertiary/aromatic N) is 2. The molecular weight excluding hydrogens is 208 g/mol. The number of amides is 1. The van der Waals surface area contributed by atoms with Gasteiger partial charge in [-0.05, 0) is 6.07 Å². The Bertz CT molecular complexity index is 408. The third kappa shape index (κ3) is 2.00. The van der Waals surface area contributed by atoms with Crippen LogP contribution < -0.4 is 20.7 Å². The summed E-state index contributed by atoms with van der Waals surface area (Å²) in [5.41, 5.74) is 6.38. The number of rotatable bonds is 2. The Labute approximate surface area is 93.4 Å². The van der Waals surface area contributed by atoms with Crippen molar-refractivity contribution in [2.45, 2.75) is 0 Å². The van der Waals surface area contributed by atoms with Crippen molar-refractivity contribution >= 4 is 17.4 Å². The van der Waals surface area contributed by atoms with E-state index in [4.69, 9.17) is 10.5 Å². The quantitative estimate of drug-likeness (QED) is 0.712. The van der Waals surface area contributed by atoms with Crippen LogP contribution in [0.1, 0.15) is 0 Å². The second-order valence-electron chi connectivity index (χ2n) is 3.54. The Kier molecular flexibility index (Phi) is 2.80. The molecule has 0 saturated carbocycles. The fourth-order valence-electron chi connectivity index (χ4n) is 1.63. The lowest BCUT2D eigenvalue weighted by Gasteiger charge is -2.28. The predicted molar refractivity (Wildman–Crippen MR) is 60.4 cm³/mol. The molecule has 1 aliphatic heterocycles. The average Bonchev–Trinajstić information content (AvgIpc) is 2.30. The van der Waals surface area contributed by atoms with Crippen molar-refractivity contribution in [1.29, 1.82) is 0 Å². The van der Waals surface area contributed by atoms with Crippen LogP contribution in [0.5, 0.6) is 5.88 Å². The summed E-state index contributed by atoms with van der Waals surface area (Å²) >= 11 is 0. The maximum atomic E-state index is 11.3. The third-order valence-electron chi connectivity index (χ3n) is 2.43. The first-order valence-electron chi connectivity index (χ1n) is 5.03. The Morgan fingerprint density at radius 2 is 2.38 bits per heavy atom. The summed E-state index contributed by atoms with van der Waals surface area (Å²) < 4.78 is 5.03. The van der Waals surface area contributed by atoms with Crippen molar-refractivity contribution in [3.63, 3.8) is 0 Å². The summed E-state index contributed by atoms with van der Waals surface area (Å²) in [6, 6.07) is 3.43. The minimum atomic E-state index is -0.0183. The number of ether oxygens (including phenoxy) is 1. The van der Waals surface area contributed by atoms with E-state index in [0.717, 1.165) is 0 Å². The molecule has 86 valence electrons. The molecule has 6 heteroatoms. The summed E-state index contributed by atoms with van der Waals surface area (Å²) in [7, 11) is 1.55. The van der Waals surface area contributed by atoms with E-state index < -0.39 is 0 Å². The molecule has 0 radical (unpaired) electrons. The van der Waals surface area contributed by atoms with Gasteiger partial charge in [0.25, 0.3) is 0 Å². The number of nitrogen functional groups attached to an aromatic ring is 1. The van der Waals surface area contributed by atoms with Gasteiger partial charge in [-0.2, -0.15) is 4.98 Å². The van der Waals surface area contributed by atoms with E-state index in [1.807, 2.05) is 4.90 Å². The number of methoxy groups -OCH3 is 1. The molecule has 3 N–H and O–H groups in total. The number of pyridine rings is 1. The van der Waals surface area contributed by atoms with Gasteiger partial charge in [0.1, 0.15) is 0 Å². The highest BCUT2D eigenvalue weighted by Gasteiger charge is 2.19. The maximum absolute atomic E-state index is 11.3. The van der Waals surface area contributed by atoms with Crippen LogP contribution in [0.4, 0.5) is 11.5 Å². The van der Waals surface area contributed by atoms with Gasteiger partial charge in [-0.3, -0.25) is 4.79 Å². The van der Waals surface area contributed by atoms with Crippen LogP contribution in [-0.4, -0.2) is 37.6 Å². The number of piperazine rings is 1. The second kappa shape index (κ2) is 4.26. The Morgan fingerprint density at radius 3 is 3.06 bits per heavy atom. The van der Waals surface area contributed by atoms with Gasteiger partial charge in [0.05, 0.1) is 19.3 Å². The first-order chi connectivity index (χ1) is 7.70. The van der Waals surface area contributed by atoms with Gasteiger partial charge in [-0.1, -0.05) is 0 Å². The number of hydrogen-bond acceptors (Lipinski definition) is 5. The number of anilines is 2. The standard InChI is InChI=1S/C10H14N4O2/c1-16-9-3-2-7(11)10(13-9)14-5-4-12-8(15)6-14/h2-3H,4-6,11H2,1H3,(H,12,15). The normalized spacial score (nSPS) is 15.8. The molecular formula is C10H14N4O2. The van der Waals surface area contributed by atoms with Crippen LogP contribution in [0.2, 0.25) is 0 Å². The smallest absolute Gasteiger partial charge is 0.239 e. The van der Waals surface area contributed by atoms with Gasteiger partial charge in [0.2, 0.25) is 11.8 Å².